The zero-order chi connectivity index (χ0) is 37.0. The van der Waals surface area contributed by atoms with Gasteiger partial charge >= 0.3 is 0 Å². The molecule has 0 aliphatic carbocycles. The first-order valence-corrected chi connectivity index (χ1v) is 18.8. The number of benzene rings is 8. The van der Waals surface area contributed by atoms with Gasteiger partial charge in [-0.3, -0.25) is 0 Å². The van der Waals surface area contributed by atoms with E-state index in [1.165, 1.54) is 27.4 Å². The third-order valence-corrected chi connectivity index (χ3v) is 10.7. The first-order chi connectivity index (χ1) is 27.7. The van der Waals surface area contributed by atoms with Crippen LogP contribution in [0.5, 0.6) is 0 Å². The number of rotatable bonds is 6. The first-order valence-electron chi connectivity index (χ1n) is 18.8. The SMILES string of the molecule is c1ccc(-c2nc(-c3ccccc3)nc(-c3ccc(-c4ccc5c(c4)oc4ccc(-c6ccc7c(c6)c6ccccc6n7-c6ccccc6)cc45)cc3)n2)cc1. The van der Waals surface area contributed by atoms with Gasteiger partial charge in [-0.15, -0.1) is 0 Å². The van der Waals surface area contributed by atoms with E-state index in [-0.39, 0.29) is 0 Å². The smallest absolute Gasteiger partial charge is 0.164 e. The summed E-state index contributed by atoms with van der Waals surface area (Å²) in [7, 11) is 0. The third-order valence-electron chi connectivity index (χ3n) is 10.7. The lowest BCUT2D eigenvalue weighted by Gasteiger charge is -2.09. The average molecular weight is 717 g/mol. The molecular formula is C51H32N4O. The summed E-state index contributed by atoms with van der Waals surface area (Å²) in [6, 6.07) is 67.5. The van der Waals surface area contributed by atoms with Gasteiger partial charge in [0, 0.05) is 43.9 Å². The molecule has 0 amide bonds. The monoisotopic (exact) mass is 716 g/mol. The van der Waals surface area contributed by atoms with Gasteiger partial charge in [-0.25, -0.2) is 15.0 Å². The number of fused-ring (bicyclic) bond motifs is 6. The first kappa shape index (κ1) is 31.9. The maximum absolute atomic E-state index is 6.46. The Hall–Kier alpha value is -7.63. The number of hydrogen-bond acceptors (Lipinski definition) is 4. The second kappa shape index (κ2) is 13.0. The van der Waals surface area contributed by atoms with E-state index in [4.69, 9.17) is 19.4 Å². The van der Waals surface area contributed by atoms with Gasteiger partial charge in [-0.1, -0.05) is 140 Å². The molecule has 0 spiro atoms. The van der Waals surface area contributed by atoms with E-state index in [0.717, 1.165) is 61.0 Å². The van der Waals surface area contributed by atoms with Crippen molar-refractivity contribution in [2.75, 3.05) is 0 Å². The third kappa shape index (κ3) is 5.45. The van der Waals surface area contributed by atoms with Gasteiger partial charge in [0.25, 0.3) is 0 Å². The highest BCUT2D eigenvalue weighted by atomic mass is 16.3. The van der Waals surface area contributed by atoms with Gasteiger partial charge in [0.05, 0.1) is 11.0 Å². The van der Waals surface area contributed by atoms with E-state index in [1.54, 1.807) is 0 Å². The molecule has 0 aliphatic rings. The Labute approximate surface area is 322 Å². The summed E-state index contributed by atoms with van der Waals surface area (Å²) in [4.78, 5) is 14.6. The van der Waals surface area contributed by atoms with Crippen molar-refractivity contribution < 1.29 is 4.42 Å². The quantitative estimate of drug-likeness (QED) is 0.172. The van der Waals surface area contributed by atoms with E-state index in [2.05, 4.69) is 138 Å². The molecule has 5 nitrogen and oxygen atoms in total. The van der Waals surface area contributed by atoms with Crippen molar-refractivity contribution in [2.24, 2.45) is 0 Å². The van der Waals surface area contributed by atoms with Crippen LogP contribution in [-0.4, -0.2) is 19.5 Å². The molecule has 0 aliphatic heterocycles. The van der Waals surface area contributed by atoms with Crippen LogP contribution in [0, 0.1) is 0 Å². The minimum atomic E-state index is 0.633. The normalized spacial score (nSPS) is 11.6. The molecular weight excluding hydrogens is 685 g/mol. The van der Waals surface area contributed by atoms with Crippen LogP contribution in [0.2, 0.25) is 0 Å². The minimum Gasteiger partial charge on any atom is -0.456 e. The second-order valence-electron chi connectivity index (χ2n) is 14.1. The molecule has 0 fully saturated rings. The maximum Gasteiger partial charge on any atom is 0.164 e. The van der Waals surface area contributed by atoms with Crippen molar-refractivity contribution in [1.82, 2.24) is 19.5 Å². The Balaban J connectivity index is 0.933. The van der Waals surface area contributed by atoms with Crippen LogP contribution in [0.1, 0.15) is 0 Å². The second-order valence-corrected chi connectivity index (χ2v) is 14.1. The number of aromatic nitrogens is 4. The molecule has 3 aromatic heterocycles. The predicted octanol–water partition coefficient (Wildman–Crippen LogP) is 13.2. The van der Waals surface area contributed by atoms with Crippen molar-refractivity contribution in [3.63, 3.8) is 0 Å². The molecule has 0 saturated carbocycles. The van der Waals surface area contributed by atoms with E-state index in [9.17, 15) is 0 Å². The standard InChI is InChI=1S/C51H32N4O/c1-4-12-34(13-5-1)49-52-50(35-14-6-2-7-15-35)54-51(53-49)36-22-20-33(21-23-36)39-24-27-42-44-31-38(26-29-47(44)56-48(42)32-39)37-25-28-46-43(30-37)41-18-10-11-19-45(41)55(46)40-16-8-3-9-17-40/h1-32H. The number of hydrogen-bond donors (Lipinski definition) is 0. The van der Waals surface area contributed by atoms with Crippen molar-refractivity contribution >= 4 is 43.7 Å². The summed E-state index contributed by atoms with van der Waals surface area (Å²) in [6.45, 7) is 0. The molecule has 0 N–H and O–H groups in total. The Morgan fingerprint density at radius 2 is 0.786 bits per heavy atom. The largest absolute Gasteiger partial charge is 0.456 e. The fourth-order valence-corrected chi connectivity index (χ4v) is 7.89. The molecule has 11 rings (SSSR count). The van der Waals surface area contributed by atoms with Crippen LogP contribution < -0.4 is 0 Å². The molecule has 56 heavy (non-hydrogen) atoms. The Bertz CT molecular complexity index is 3160. The van der Waals surface area contributed by atoms with Crippen molar-refractivity contribution in [1.29, 1.82) is 0 Å². The summed E-state index contributed by atoms with van der Waals surface area (Å²) < 4.78 is 8.81. The summed E-state index contributed by atoms with van der Waals surface area (Å²) in [5.41, 5.74) is 12.6. The van der Waals surface area contributed by atoms with Crippen molar-refractivity contribution in [3.05, 3.63) is 194 Å². The lowest BCUT2D eigenvalue weighted by molar-refractivity contribution is 0.669. The fraction of sp³-hybridized carbons (Fsp3) is 0. The highest BCUT2D eigenvalue weighted by Gasteiger charge is 2.16. The molecule has 0 radical (unpaired) electrons. The Kier molecular flexibility index (Phi) is 7.42. The maximum atomic E-state index is 6.46. The van der Waals surface area contributed by atoms with Gasteiger partial charge < -0.3 is 8.98 Å². The predicted molar refractivity (Wildman–Crippen MR) is 229 cm³/mol. The highest BCUT2D eigenvalue weighted by molar-refractivity contribution is 6.11. The van der Waals surface area contributed by atoms with E-state index in [0.29, 0.717) is 17.5 Å². The van der Waals surface area contributed by atoms with Crippen LogP contribution in [0.25, 0.3) is 106 Å². The molecule has 262 valence electrons. The number of para-hydroxylation sites is 2. The fourth-order valence-electron chi connectivity index (χ4n) is 7.89. The molecule has 11 aromatic rings. The topological polar surface area (TPSA) is 56.7 Å². The Morgan fingerprint density at radius 3 is 1.46 bits per heavy atom. The molecule has 8 aromatic carbocycles. The molecule has 5 heteroatoms. The minimum absolute atomic E-state index is 0.633. The van der Waals surface area contributed by atoms with E-state index >= 15 is 0 Å². The summed E-state index contributed by atoms with van der Waals surface area (Å²) in [6.07, 6.45) is 0. The molecule has 0 saturated heterocycles. The van der Waals surface area contributed by atoms with Crippen LogP contribution in [0.3, 0.4) is 0 Å². The van der Waals surface area contributed by atoms with E-state index < -0.39 is 0 Å². The zero-order valence-corrected chi connectivity index (χ0v) is 30.2. The number of nitrogens with zero attached hydrogens (tertiary/aromatic N) is 4. The van der Waals surface area contributed by atoms with Crippen LogP contribution in [0.15, 0.2) is 199 Å². The molecule has 0 unspecified atom stereocenters. The highest BCUT2D eigenvalue weighted by Crippen LogP contribution is 2.38. The average Bonchev–Trinajstić information content (AvgIpc) is 3.82. The van der Waals surface area contributed by atoms with Crippen LogP contribution in [0.4, 0.5) is 0 Å². The van der Waals surface area contributed by atoms with Gasteiger partial charge in [-0.2, -0.15) is 0 Å². The van der Waals surface area contributed by atoms with Crippen LogP contribution in [-0.2, 0) is 0 Å². The van der Waals surface area contributed by atoms with Crippen LogP contribution >= 0.6 is 0 Å². The summed E-state index contributed by atoms with van der Waals surface area (Å²) >= 11 is 0. The summed E-state index contributed by atoms with van der Waals surface area (Å²) in [5, 5.41) is 4.67. The lowest BCUT2D eigenvalue weighted by Crippen LogP contribution is -2.00. The number of furan rings is 1. The van der Waals surface area contributed by atoms with Gasteiger partial charge in [0.1, 0.15) is 11.2 Å². The zero-order valence-electron chi connectivity index (χ0n) is 30.2. The molecule has 3 heterocycles. The van der Waals surface area contributed by atoms with Crippen molar-refractivity contribution in [2.45, 2.75) is 0 Å². The van der Waals surface area contributed by atoms with Gasteiger partial charge in [0.15, 0.2) is 17.5 Å². The van der Waals surface area contributed by atoms with E-state index in [1.807, 2.05) is 60.7 Å². The van der Waals surface area contributed by atoms with Gasteiger partial charge in [0.2, 0.25) is 0 Å². The summed E-state index contributed by atoms with van der Waals surface area (Å²) in [5.74, 6) is 1.93. The molecule has 0 bridgehead atoms. The van der Waals surface area contributed by atoms with Crippen molar-refractivity contribution in [3.8, 4) is 62.1 Å². The lowest BCUT2D eigenvalue weighted by atomic mass is 9.99. The Morgan fingerprint density at radius 1 is 0.304 bits per heavy atom. The molecule has 0 atom stereocenters. The van der Waals surface area contributed by atoms with Gasteiger partial charge in [-0.05, 0) is 76.9 Å².